The first kappa shape index (κ1) is 16.1. The van der Waals surface area contributed by atoms with E-state index >= 15 is 0 Å². The molecule has 0 N–H and O–H groups in total. The molecule has 6 nitrogen and oxygen atoms in total. The average molecular weight is 334 g/mol. The fraction of sp³-hybridized carbons (Fsp3) is 0.778. The molecule has 3 fully saturated rings. The van der Waals surface area contributed by atoms with Crippen molar-refractivity contribution in [3.63, 3.8) is 0 Å². The number of aromatic nitrogens is 1. The van der Waals surface area contributed by atoms with Crippen LogP contribution in [0.5, 0.6) is 0 Å². The highest BCUT2D eigenvalue weighted by Gasteiger charge is 2.53. The molecule has 2 saturated carbocycles. The molecule has 1 aromatic rings. The van der Waals surface area contributed by atoms with Gasteiger partial charge in [-0.3, -0.25) is 4.79 Å². The summed E-state index contributed by atoms with van der Waals surface area (Å²) in [4.78, 5) is 19.0. The lowest BCUT2D eigenvalue weighted by Crippen LogP contribution is -2.53. The van der Waals surface area contributed by atoms with Crippen molar-refractivity contribution in [2.75, 3.05) is 20.3 Å². The minimum atomic E-state index is -0.229. The number of likely N-dealkylation sites (tertiary alicyclic amines) is 1. The molecule has 1 amide bonds. The van der Waals surface area contributed by atoms with Crippen LogP contribution in [-0.4, -0.2) is 53.8 Å². The van der Waals surface area contributed by atoms with Crippen LogP contribution in [0, 0.1) is 12.8 Å². The van der Waals surface area contributed by atoms with Crippen LogP contribution in [0.1, 0.15) is 54.8 Å². The van der Waals surface area contributed by atoms with Crippen molar-refractivity contribution in [2.45, 2.75) is 63.2 Å². The van der Waals surface area contributed by atoms with Crippen molar-refractivity contribution < 1.29 is 18.7 Å². The van der Waals surface area contributed by atoms with Crippen LogP contribution in [0.15, 0.2) is 10.8 Å². The summed E-state index contributed by atoms with van der Waals surface area (Å²) >= 11 is 0. The number of hydrogen-bond donors (Lipinski definition) is 0. The number of ether oxygens (including phenoxy) is 2. The third kappa shape index (κ3) is 2.75. The maximum absolute atomic E-state index is 12.9. The molecule has 0 bridgehead atoms. The van der Waals surface area contributed by atoms with Crippen molar-refractivity contribution in [1.29, 1.82) is 0 Å². The van der Waals surface area contributed by atoms with Gasteiger partial charge >= 0.3 is 0 Å². The molecule has 24 heavy (non-hydrogen) atoms. The molecule has 3 atom stereocenters. The molecule has 0 spiro atoms. The standard InChI is InChI=1S/C18H26N2O4/c1-12-16(19-11-24-12)17(21)20-8-7-18(22-2)6-5-14(9-15(18)20)23-10-13-3-4-13/h11,13-15H,3-10H2,1-2H3/t14-,15-,18+/m0/s1. The van der Waals surface area contributed by atoms with E-state index in [1.807, 2.05) is 4.90 Å². The van der Waals surface area contributed by atoms with Crippen molar-refractivity contribution in [3.8, 4) is 0 Å². The van der Waals surface area contributed by atoms with Gasteiger partial charge in [0.2, 0.25) is 0 Å². The van der Waals surface area contributed by atoms with E-state index in [4.69, 9.17) is 13.9 Å². The lowest BCUT2D eigenvalue weighted by molar-refractivity contribution is -0.0977. The second-order valence-corrected chi connectivity index (χ2v) is 7.46. The predicted octanol–water partition coefficient (Wildman–Crippen LogP) is 2.56. The normalized spacial score (nSPS) is 32.8. The smallest absolute Gasteiger partial charge is 0.276 e. The molecular formula is C18H26N2O4. The zero-order valence-corrected chi connectivity index (χ0v) is 14.5. The van der Waals surface area contributed by atoms with Crippen LogP contribution in [-0.2, 0) is 9.47 Å². The van der Waals surface area contributed by atoms with Gasteiger partial charge in [-0.25, -0.2) is 4.98 Å². The lowest BCUT2D eigenvalue weighted by atomic mass is 9.79. The number of carbonyl (C=O) groups is 1. The topological polar surface area (TPSA) is 64.8 Å². The molecule has 0 radical (unpaired) electrons. The first-order chi connectivity index (χ1) is 11.6. The molecule has 4 rings (SSSR count). The largest absolute Gasteiger partial charge is 0.448 e. The summed E-state index contributed by atoms with van der Waals surface area (Å²) in [5.41, 5.74) is 0.190. The van der Waals surface area contributed by atoms with Crippen molar-refractivity contribution in [2.24, 2.45) is 5.92 Å². The lowest BCUT2D eigenvalue weighted by Gasteiger charge is -2.43. The fourth-order valence-electron chi connectivity index (χ4n) is 4.26. The van der Waals surface area contributed by atoms with Gasteiger partial charge in [-0.1, -0.05) is 0 Å². The summed E-state index contributed by atoms with van der Waals surface area (Å²) in [7, 11) is 1.77. The first-order valence-electron chi connectivity index (χ1n) is 9.01. The number of oxazole rings is 1. The van der Waals surface area contributed by atoms with Crippen LogP contribution < -0.4 is 0 Å². The summed E-state index contributed by atoms with van der Waals surface area (Å²) in [5, 5.41) is 0. The highest BCUT2D eigenvalue weighted by molar-refractivity contribution is 5.93. The van der Waals surface area contributed by atoms with Gasteiger partial charge in [0.05, 0.1) is 17.7 Å². The Kier molecular flexibility index (Phi) is 4.12. The van der Waals surface area contributed by atoms with E-state index in [0.717, 1.165) is 38.2 Å². The van der Waals surface area contributed by atoms with Gasteiger partial charge in [0.15, 0.2) is 12.1 Å². The number of methoxy groups -OCH3 is 1. The molecule has 2 heterocycles. The fourth-order valence-corrected chi connectivity index (χ4v) is 4.26. The molecule has 1 aliphatic heterocycles. The van der Waals surface area contributed by atoms with Crippen molar-refractivity contribution in [3.05, 3.63) is 17.8 Å². The van der Waals surface area contributed by atoms with E-state index in [1.54, 1.807) is 14.0 Å². The van der Waals surface area contributed by atoms with E-state index in [-0.39, 0.29) is 23.7 Å². The summed E-state index contributed by atoms with van der Waals surface area (Å²) in [6.45, 7) is 3.36. The van der Waals surface area contributed by atoms with Crippen LogP contribution >= 0.6 is 0 Å². The number of fused-ring (bicyclic) bond motifs is 1. The molecule has 3 aliphatic rings. The van der Waals surface area contributed by atoms with Crippen LogP contribution in [0.25, 0.3) is 0 Å². The number of nitrogens with zero attached hydrogens (tertiary/aromatic N) is 2. The zero-order chi connectivity index (χ0) is 16.7. The molecule has 6 heteroatoms. The van der Waals surface area contributed by atoms with Crippen LogP contribution in [0.3, 0.4) is 0 Å². The maximum Gasteiger partial charge on any atom is 0.276 e. The number of aryl methyl sites for hydroxylation is 1. The second-order valence-electron chi connectivity index (χ2n) is 7.46. The highest BCUT2D eigenvalue weighted by atomic mass is 16.5. The summed E-state index contributed by atoms with van der Waals surface area (Å²) < 4.78 is 17.3. The van der Waals surface area contributed by atoms with Crippen LogP contribution in [0.2, 0.25) is 0 Å². The Labute approximate surface area is 142 Å². The molecule has 1 saturated heterocycles. The molecule has 0 aromatic carbocycles. The van der Waals surface area contributed by atoms with Crippen LogP contribution in [0.4, 0.5) is 0 Å². The van der Waals surface area contributed by atoms with Gasteiger partial charge in [0.25, 0.3) is 5.91 Å². The predicted molar refractivity (Wildman–Crippen MR) is 86.7 cm³/mol. The molecule has 1 aromatic heterocycles. The minimum absolute atomic E-state index is 0.0481. The number of carbonyl (C=O) groups excluding carboxylic acids is 1. The summed E-state index contributed by atoms with van der Waals surface area (Å²) in [6, 6.07) is 0.0593. The second kappa shape index (κ2) is 6.15. The number of rotatable bonds is 5. The quantitative estimate of drug-likeness (QED) is 0.828. The minimum Gasteiger partial charge on any atom is -0.448 e. The number of amides is 1. The van der Waals surface area contributed by atoms with E-state index < -0.39 is 0 Å². The Morgan fingerprint density at radius 1 is 1.42 bits per heavy atom. The molecular weight excluding hydrogens is 308 g/mol. The van der Waals surface area contributed by atoms with Crippen molar-refractivity contribution >= 4 is 5.91 Å². The SMILES string of the molecule is CO[C@@]12CC[C@H](OCC3CC3)C[C@@H]1N(C(=O)c1ncoc1C)CC2. The van der Waals surface area contributed by atoms with Gasteiger partial charge in [0.1, 0.15) is 5.76 Å². The molecule has 0 unspecified atom stereocenters. The van der Waals surface area contributed by atoms with E-state index in [9.17, 15) is 4.79 Å². The van der Waals surface area contributed by atoms with Crippen molar-refractivity contribution in [1.82, 2.24) is 9.88 Å². The van der Waals surface area contributed by atoms with E-state index in [2.05, 4.69) is 4.98 Å². The Morgan fingerprint density at radius 3 is 2.92 bits per heavy atom. The van der Waals surface area contributed by atoms with E-state index in [1.165, 1.54) is 19.2 Å². The van der Waals surface area contributed by atoms with Gasteiger partial charge < -0.3 is 18.8 Å². The Hall–Kier alpha value is -1.40. The maximum atomic E-state index is 12.9. The molecule has 132 valence electrons. The van der Waals surface area contributed by atoms with E-state index in [0.29, 0.717) is 18.0 Å². The monoisotopic (exact) mass is 334 g/mol. The average Bonchev–Trinajstić information content (AvgIpc) is 3.21. The number of hydrogen-bond acceptors (Lipinski definition) is 5. The zero-order valence-electron chi connectivity index (χ0n) is 14.5. The van der Waals surface area contributed by atoms with Gasteiger partial charge in [-0.15, -0.1) is 0 Å². The third-order valence-electron chi connectivity index (χ3n) is 6.01. The first-order valence-corrected chi connectivity index (χ1v) is 9.01. The highest BCUT2D eigenvalue weighted by Crippen LogP contribution is 2.44. The Morgan fingerprint density at radius 2 is 2.25 bits per heavy atom. The molecule has 2 aliphatic carbocycles. The van der Waals surface area contributed by atoms with Gasteiger partial charge in [-0.05, 0) is 51.4 Å². The summed E-state index contributed by atoms with van der Waals surface area (Å²) in [5.74, 6) is 1.29. The third-order valence-corrected chi connectivity index (χ3v) is 6.01. The Bertz CT molecular complexity index is 612. The van der Waals surface area contributed by atoms with Gasteiger partial charge in [0, 0.05) is 20.3 Å². The Balaban J connectivity index is 1.50. The van der Waals surface area contributed by atoms with Gasteiger partial charge in [-0.2, -0.15) is 0 Å². The summed E-state index contributed by atoms with van der Waals surface area (Å²) in [6.07, 6.45) is 7.86.